The third-order valence-corrected chi connectivity index (χ3v) is 3.04. The number of fused-ring (bicyclic) bond motifs is 1. The van der Waals surface area contributed by atoms with Crippen molar-refractivity contribution in [2.45, 2.75) is 0 Å². The number of halogens is 3. The molecule has 3 aromatic rings. The Labute approximate surface area is 112 Å². The maximum atomic E-state index is 13.2. The molecule has 1 aromatic carbocycles. The Morgan fingerprint density at radius 2 is 1.94 bits per heavy atom. The van der Waals surface area contributed by atoms with E-state index in [0.717, 1.165) is 5.39 Å². The predicted octanol–water partition coefficient (Wildman–Crippen LogP) is 4.07. The minimum Gasteiger partial charge on any atom is -0.346 e. The number of hydrogen-bond donors (Lipinski definition) is 1. The van der Waals surface area contributed by atoms with Crippen LogP contribution in [0.2, 0.25) is 10.3 Å². The lowest BCUT2D eigenvalue weighted by Gasteiger charge is -2.04. The molecule has 1 N–H and O–H groups in total. The number of nitrogens with zero attached hydrogens (tertiary/aromatic N) is 2. The van der Waals surface area contributed by atoms with Gasteiger partial charge in [-0.2, -0.15) is 4.98 Å². The van der Waals surface area contributed by atoms with Crippen LogP contribution in [0, 0.1) is 5.82 Å². The van der Waals surface area contributed by atoms with Gasteiger partial charge in [0.25, 0.3) is 0 Å². The molecule has 90 valence electrons. The summed E-state index contributed by atoms with van der Waals surface area (Å²) in [6, 6.07) is 6.25. The molecule has 0 saturated carbocycles. The van der Waals surface area contributed by atoms with Crippen molar-refractivity contribution in [3.8, 4) is 11.3 Å². The number of H-pyrrole nitrogens is 1. The minimum atomic E-state index is -0.467. The number of nitrogens with one attached hydrogen (secondary N) is 1. The van der Waals surface area contributed by atoms with E-state index < -0.39 is 5.82 Å². The molecule has 3 nitrogen and oxygen atoms in total. The Bertz CT molecular complexity index is 739. The van der Waals surface area contributed by atoms with Crippen molar-refractivity contribution in [2.24, 2.45) is 0 Å². The summed E-state index contributed by atoms with van der Waals surface area (Å²) in [5, 5.41) is 0.980. The summed E-state index contributed by atoms with van der Waals surface area (Å²) in [5.74, 6) is -0.467. The number of aromatic nitrogens is 3. The number of hydrogen-bond acceptors (Lipinski definition) is 2. The molecule has 0 unspecified atom stereocenters. The second kappa shape index (κ2) is 4.23. The van der Waals surface area contributed by atoms with E-state index in [0.29, 0.717) is 16.9 Å². The van der Waals surface area contributed by atoms with Crippen molar-refractivity contribution in [3.05, 3.63) is 46.6 Å². The van der Waals surface area contributed by atoms with Gasteiger partial charge in [0.1, 0.15) is 11.5 Å². The summed E-state index contributed by atoms with van der Waals surface area (Å²) in [6.07, 6.45) is 1.74. The van der Waals surface area contributed by atoms with E-state index in [-0.39, 0.29) is 10.3 Å². The van der Waals surface area contributed by atoms with Gasteiger partial charge in [0, 0.05) is 17.1 Å². The van der Waals surface area contributed by atoms with Crippen molar-refractivity contribution in [1.29, 1.82) is 0 Å². The third-order valence-electron chi connectivity index (χ3n) is 2.58. The quantitative estimate of drug-likeness (QED) is 0.683. The molecule has 0 spiro atoms. The monoisotopic (exact) mass is 281 g/mol. The van der Waals surface area contributed by atoms with Gasteiger partial charge in [-0.1, -0.05) is 11.6 Å². The fourth-order valence-corrected chi connectivity index (χ4v) is 2.13. The van der Waals surface area contributed by atoms with Gasteiger partial charge in [-0.15, -0.1) is 0 Å². The van der Waals surface area contributed by atoms with Gasteiger partial charge in [-0.25, -0.2) is 9.37 Å². The SMILES string of the molecule is Fc1ccc(-c2nc(Cl)nc3[nH]ccc23)cc1Cl. The van der Waals surface area contributed by atoms with E-state index in [1.165, 1.54) is 12.1 Å². The highest BCUT2D eigenvalue weighted by molar-refractivity contribution is 6.31. The van der Waals surface area contributed by atoms with Gasteiger partial charge in [-0.3, -0.25) is 0 Å². The van der Waals surface area contributed by atoms with Crippen LogP contribution in [0.1, 0.15) is 0 Å². The topological polar surface area (TPSA) is 41.6 Å². The van der Waals surface area contributed by atoms with E-state index in [1.807, 2.05) is 6.07 Å². The normalized spacial score (nSPS) is 11.1. The lowest BCUT2D eigenvalue weighted by Crippen LogP contribution is -1.90. The number of aromatic amines is 1. The van der Waals surface area contributed by atoms with E-state index in [2.05, 4.69) is 15.0 Å². The Morgan fingerprint density at radius 1 is 1.11 bits per heavy atom. The molecule has 18 heavy (non-hydrogen) atoms. The van der Waals surface area contributed by atoms with Crippen molar-refractivity contribution in [1.82, 2.24) is 15.0 Å². The smallest absolute Gasteiger partial charge is 0.224 e. The molecule has 0 amide bonds. The van der Waals surface area contributed by atoms with E-state index >= 15 is 0 Å². The Morgan fingerprint density at radius 3 is 2.72 bits per heavy atom. The zero-order valence-electron chi connectivity index (χ0n) is 8.92. The van der Waals surface area contributed by atoms with Crippen LogP contribution < -0.4 is 0 Å². The lowest BCUT2D eigenvalue weighted by atomic mass is 10.1. The maximum Gasteiger partial charge on any atom is 0.224 e. The molecule has 2 heterocycles. The molecule has 3 rings (SSSR count). The molecule has 0 atom stereocenters. The molecular formula is C12H6Cl2FN3. The summed E-state index contributed by atoms with van der Waals surface area (Å²) in [4.78, 5) is 11.2. The van der Waals surface area contributed by atoms with E-state index in [9.17, 15) is 4.39 Å². The van der Waals surface area contributed by atoms with Gasteiger partial charge in [0.05, 0.1) is 10.7 Å². The zero-order valence-corrected chi connectivity index (χ0v) is 10.4. The van der Waals surface area contributed by atoms with Crippen molar-refractivity contribution < 1.29 is 4.39 Å². The first-order chi connectivity index (χ1) is 8.65. The van der Waals surface area contributed by atoms with Crippen LogP contribution in [0.25, 0.3) is 22.3 Å². The van der Waals surface area contributed by atoms with Gasteiger partial charge >= 0.3 is 0 Å². The molecule has 0 bridgehead atoms. The van der Waals surface area contributed by atoms with Crippen molar-refractivity contribution in [2.75, 3.05) is 0 Å². The summed E-state index contributed by atoms with van der Waals surface area (Å²) < 4.78 is 13.2. The van der Waals surface area contributed by atoms with E-state index in [1.54, 1.807) is 12.3 Å². The highest BCUT2D eigenvalue weighted by Gasteiger charge is 2.11. The van der Waals surface area contributed by atoms with Crippen LogP contribution in [0.4, 0.5) is 4.39 Å². The van der Waals surface area contributed by atoms with Crippen LogP contribution in [-0.2, 0) is 0 Å². The Balaban J connectivity index is 2.30. The highest BCUT2D eigenvalue weighted by Crippen LogP contribution is 2.29. The first-order valence-corrected chi connectivity index (χ1v) is 5.87. The zero-order chi connectivity index (χ0) is 12.7. The van der Waals surface area contributed by atoms with Crippen LogP contribution >= 0.6 is 23.2 Å². The standard InChI is InChI=1S/C12H6Cl2FN3/c13-8-5-6(1-2-9(8)15)10-7-3-4-16-11(7)18-12(14)17-10/h1-5H,(H,16,17,18). The molecule has 0 fully saturated rings. The summed E-state index contributed by atoms with van der Waals surface area (Å²) >= 11 is 11.6. The first kappa shape index (κ1) is 11.4. The molecule has 2 aromatic heterocycles. The Kier molecular flexibility index (Phi) is 2.69. The Hall–Kier alpha value is -1.65. The number of rotatable bonds is 1. The van der Waals surface area contributed by atoms with Crippen LogP contribution in [0.3, 0.4) is 0 Å². The molecule has 0 aliphatic heterocycles. The van der Waals surface area contributed by atoms with Crippen molar-refractivity contribution in [3.63, 3.8) is 0 Å². The second-order valence-corrected chi connectivity index (χ2v) is 4.46. The first-order valence-electron chi connectivity index (χ1n) is 5.11. The van der Waals surface area contributed by atoms with Gasteiger partial charge in [-0.05, 0) is 35.9 Å². The molecular weight excluding hydrogens is 276 g/mol. The van der Waals surface area contributed by atoms with Gasteiger partial charge in [0.2, 0.25) is 5.28 Å². The summed E-state index contributed by atoms with van der Waals surface area (Å²) in [6.45, 7) is 0. The second-order valence-electron chi connectivity index (χ2n) is 3.71. The fourth-order valence-electron chi connectivity index (χ4n) is 1.78. The largest absolute Gasteiger partial charge is 0.346 e. The highest BCUT2D eigenvalue weighted by atomic mass is 35.5. The lowest BCUT2D eigenvalue weighted by molar-refractivity contribution is 0.628. The van der Waals surface area contributed by atoms with Crippen LogP contribution in [-0.4, -0.2) is 15.0 Å². The fraction of sp³-hybridized carbons (Fsp3) is 0. The third kappa shape index (κ3) is 1.83. The average Bonchev–Trinajstić information content (AvgIpc) is 2.79. The molecule has 0 aliphatic rings. The van der Waals surface area contributed by atoms with Crippen LogP contribution in [0.5, 0.6) is 0 Å². The maximum absolute atomic E-state index is 13.2. The van der Waals surface area contributed by atoms with E-state index in [4.69, 9.17) is 23.2 Å². The summed E-state index contributed by atoms with van der Waals surface area (Å²) in [7, 11) is 0. The molecule has 0 radical (unpaired) electrons. The molecule has 0 aliphatic carbocycles. The van der Waals surface area contributed by atoms with Crippen LogP contribution in [0.15, 0.2) is 30.5 Å². The number of benzene rings is 1. The van der Waals surface area contributed by atoms with Gasteiger partial charge in [0.15, 0.2) is 0 Å². The van der Waals surface area contributed by atoms with Gasteiger partial charge < -0.3 is 4.98 Å². The predicted molar refractivity (Wildman–Crippen MR) is 69.3 cm³/mol. The average molecular weight is 282 g/mol. The van der Waals surface area contributed by atoms with Crippen molar-refractivity contribution >= 4 is 34.2 Å². The molecule has 0 saturated heterocycles. The summed E-state index contributed by atoms with van der Waals surface area (Å²) in [5.41, 5.74) is 1.94. The minimum absolute atomic E-state index is 0.0471. The molecule has 6 heteroatoms.